The second-order valence-corrected chi connectivity index (χ2v) is 3.08. The van der Waals surface area contributed by atoms with Gasteiger partial charge in [-0.15, -0.1) is 0 Å². The second kappa shape index (κ2) is 4.43. The maximum absolute atomic E-state index is 5.75. The number of halogens is 1. The molecule has 0 spiro atoms. The first-order chi connectivity index (χ1) is 5.74. The maximum atomic E-state index is 5.75. The molecule has 0 aliphatic carbocycles. The molecule has 1 rings (SSSR count). The lowest BCUT2D eigenvalue weighted by Crippen LogP contribution is -2.17. The van der Waals surface area contributed by atoms with Gasteiger partial charge in [-0.25, -0.2) is 4.98 Å². The standard InChI is InChI=1S/C9H13ClN2/c1-3-11-7(2)8-4-5-12-9(10)6-8/h4-7,11H,3H2,1-2H3. The van der Waals surface area contributed by atoms with Crippen LogP contribution >= 0.6 is 11.6 Å². The van der Waals surface area contributed by atoms with Gasteiger partial charge in [0.05, 0.1) is 0 Å². The lowest BCUT2D eigenvalue weighted by Gasteiger charge is -2.11. The fourth-order valence-electron chi connectivity index (χ4n) is 1.11. The van der Waals surface area contributed by atoms with Crippen LogP contribution in [0.4, 0.5) is 0 Å². The molecule has 1 heterocycles. The highest BCUT2D eigenvalue weighted by atomic mass is 35.5. The van der Waals surface area contributed by atoms with Gasteiger partial charge in [0.15, 0.2) is 0 Å². The maximum Gasteiger partial charge on any atom is 0.129 e. The fraction of sp³-hybridized carbons (Fsp3) is 0.444. The predicted molar refractivity (Wildman–Crippen MR) is 51.3 cm³/mol. The van der Waals surface area contributed by atoms with Crippen LogP contribution in [0.25, 0.3) is 0 Å². The van der Waals surface area contributed by atoms with Crippen molar-refractivity contribution in [1.82, 2.24) is 10.3 Å². The average molecular weight is 185 g/mol. The summed E-state index contributed by atoms with van der Waals surface area (Å²) in [5.41, 5.74) is 1.18. The molecule has 2 nitrogen and oxygen atoms in total. The summed E-state index contributed by atoms with van der Waals surface area (Å²) < 4.78 is 0. The highest BCUT2D eigenvalue weighted by Crippen LogP contribution is 2.14. The van der Waals surface area contributed by atoms with E-state index in [-0.39, 0.29) is 0 Å². The summed E-state index contributed by atoms with van der Waals surface area (Å²) in [6, 6.07) is 4.20. The molecule has 0 saturated carbocycles. The monoisotopic (exact) mass is 184 g/mol. The van der Waals surface area contributed by atoms with Gasteiger partial charge < -0.3 is 5.32 Å². The molecule has 0 bridgehead atoms. The summed E-state index contributed by atoms with van der Waals surface area (Å²) in [5, 5.41) is 3.86. The van der Waals surface area contributed by atoms with Crippen LogP contribution in [0.15, 0.2) is 18.3 Å². The van der Waals surface area contributed by atoms with E-state index in [1.165, 1.54) is 5.56 Å². The number of hydrogen-bond donors (Lipinski definition) is 1. The van der Waals surface area contributed by atoms with Crippen LogP contribution in [-0.4, -0.2) is 11.5 Å². The zero-order valence-electron chi connectivity index (χ0n) is 7.34. The lowest BCUT2D eigenvalue weighted by molar-refractivity contribution is 0.597. The van der Waals surface area contributed by atoms with Crippen molar-refractivity contribution < 1.29 is 0 Å². The van der Waals surface area contributed by atoms with E-state index >= 15 is 0 Å². The summed E-state index contributed by atoms with van der Waals surface area (Å²) in [7, 11) is 0. The number of pyridine rings is 1. The van der Waals surface area contributed by atoms with Gasteiger partial charge in [-0.3, -0.25) is 0 Å². The number of rotatable bonds is 3. The van der Waals surface area contributed by atoms with Crippen LogP contribution in [0, 0.1) is 0 Å². The summed E-state index contributed by atoms with van der Waals surface area (Å²) in [5.74, 6) is 0. The third-order valence-corrected chi connectivity index (χ3v) is 1.97. The molecular formula is C9H13ClN2. The topological polar surface area (TPSA) is 24.9 Å². The van der Waals surface area contributed by atoms with E-state index in [4.69, 9.17) is 11.6 Å². The fourth-order valence-corrected chi connectivity index (χ4v) is 1.29. The van der Waals surface area contributed by atoms with Crippen LogP contribution in [0.1, 0.15) is 25.5 Å². The zero-order chi connectivity index (χ0) is 8.97. The van der Waals surface area contributed by atoms with Crippen LogP contribution < -0.4 is 5.32 Å². The minimum absolute atomic E-state index is 0.343. The summed E-state index contributed by atoms with van der Waals surface area (Å²) in [4.78, 5) is 3.92. The molecule has 1 unspecified atom stereocenters. The van der Waals surface area contributed by atoms with Crippen molar-refractivity contribution in [3.8, 4) is 0 Å². The Hall–Kier alpha value is -0.600. The third kappa shape index (κ3) is 2.47. The summed E-state index contributed by atoms with van der Waals surface area (Å²) in [6.07, 6.45) is 1.73. The van der Waals surface area contributed by atoms with Gasteiger partial charge in [0.25, 0.3) is 0 Å². The van der Waals surface area contributed by atoms with E-state index in [2.05, 4.69) is 24.1 Å². The van der Waals surface area contributed by atoms with Gasteiger partial charge in [0, 0.05) is 12.2 Å². The van der Waals surface area contributed by atoms with Crippen LogP contribution in [0.2, 0.25) is 5.15 Å². The number of aromatic nitrogens is 1. The van der Waals surface area contributed by atoms with Gasteiger partial charge in [0.1, 0.15) is 5.15 Å². The van der Waals surface area contributed by atoms with Crippen molar-refractivity contribution >= 4 is 11.6 Å². The molecular weight excluding hydrogens is 172 g/mol. The van der Waals surface area contributed by atoms with Crippen molar-refractivity contribution in [3.63, 3.8) is 0 Å². The molecule has 0 saturated heterocycles. The first-order valence-electron chi connectivity index (χ1n) is 4.09. The van der Waals surface area contributed by atoms with Crippen molar-refractivity contribution in [2.75, 3.05) is 6.54 Å². The van der Waals surface area contributed by atoms with Gasteiger partial charge in [-0.05, 0) is 31.2 Å². The summed E-state index contributed by atoms with van der Waals surface area (Å²) >= 11 is 5.75. The molecule has 0 aliphatic rings. The van der Waals surface area contributed by atoms with E-state index < -0.39 is 0 Å². The Morgan fingerprint density at radius 1 is 1.67 bits per heavy atom. The van der Waals surface area contributed by atoms with E-state index in [0.717, 1.165) is 6.54 Å². The molecule has 1 atom stereocenters. The Kier molecular flexibility index (Phi) is 3.50. The highest BCUT2D eigenvalue weighted by Gasteiger charge is 2.02. The van der Waals surface area contributed by atoms with Crippen molar-refractivity contribution in [1.29, 1.82) is 0 Å². The molecule has 3 heteroatoms. The molecule has 1 aromatic rings. The molecule has 12 heavy (non-hydrogen) atoms. The molecule has 1 aromatic heterocycles. The molecule has 0 aliphatic heterocycles. The van der Waals surface area contributed by atoms with Crippen molar-refractivity contribution in [3.05, 3.63) is 29.0 Å². The Bertz CT molecular complexity index is 250. The zero-order valence-corrected chi connectivity index (χ0v) is 8.10. The first kappa shape index (κ1) is 9.49. The molecule has 66 valence electrons. The van der Waals surface area contributed by atoms with Crippen molar-refractivity contribution in [2.24, 2.45) is 0 Å². The van der Waals surface area contributed by atoms with E-state index in [9.17, 15) is 0 Å². The number of hydrogen-bond acceptors (Lipinski definition) is 2. The second-order valence-electron chi connectivity index (χ2n) is 2.69. The molecule has 1 N–H and O–H groups in total. The Labute approximate surface area is 78.0 Å². The van der Waals surface area contributed by atoms with Gasteiger partial charge in [-0.2, -0.15) is 0 Å². The van der Waals surface area contributed by atoms with Crippen LogP contribution in [0.3, 0.4) is 0 Å². The number of nitrogens with zero attached hydrogens (tertiary/aromatic N) is 1. The lowest BCUT2D eigenvalue weighted by atomic mass is 10.1. The van der Waals surface area contributed by atoms with E-state index in [1.54, 1.807) is 6.20 Å². The molecule has 0 fully saturated rings. The minimum atomic E-state index is 0.343. The Balaban J connectivity index is 2.73. The van der Waals surface area contributed by atoms with Crippen LogP contribution in [-0.2, 0) is 0 Å². The van der Waals surface area contributed by atoms with Gasteiger partial charge in [0.2, 0.25) is 0 Å². The molecule has 0 radical (unpaired) electrons. The van der Waals surface area contributed by atoms with E-state index in [0.29, 0.717) is 11.2 Å². The normalized spacial score (nSPS) is 12.9. The molecule has 0 aromatic carbocycles. The number of nitrogens with one attached hydrogen (secondary N) is 1. The smallest absolute Gasteiger partial charge is 0.129 e. The Morgan fingerprint density at radius 3 is 3.00 bits per heavy atom. The van der Waals surface area contributed by atoms with Crippen LogP contribution in [0.5, 0.6) is 0 Å². The molecule has 0 amide bonds. The van der Waals surface area contributed by atoms with Gasteiger partial charge >= 0.3 is 0 Å². The van der Waals surface area contributed by atoms with Gasteiger partial charge in [-0.1, -0.05) is 18.5 Å². The highest BCUT2D eigenvalue weighted by molar-refractivity contribution is 6.29. The van der Waals surface area contributed by atoms with E-state index in [1.807, 2.05) is 12.1 Å². The SMILES string of the molecule is CCNC(C)c1ccnc(Cl)c1. The quantitative estimate of drug-likeness (QED) is 0.730. The first-order valence-corrected chi connectivity index (χ1v) is 4.46. The van der Waals surface area contributed by atoms with Crippen molar-refractivity contribution in [2.45, 2.75) is 19.9 Å². The largest absolute Gasteiger partial charge is 0.310 e. The summed E-state index contributed by atoms with van der Waals surface area (Å²) in [6.45, 7) is 5.15. The Morgan fingerprint density at radius 2 is 2.42 bits per heavy atom. The minimum Gasteiger partial charge on any atom is -0.310 e. The average Bonchev–Trinajstić information content (AvgIpc) is 2.05. The predicted octanol–water partition coefficient (Wildman–Crippen LogP) is 2.41. The third-order valence-electron chi connectivity index (χ3n) is 1.76.